The van der Waals surface area contributed by atoms with Gasteiger partial charge in [-0.2, -0.15) is 11.8 Å². The third kappa shape index (κ3) is 4.04. The maximum atomic E-state index is 12.3. The van der Waals surface area contributed by atoms with Gasteiger partial charge in [-0.3, -0.25) is 4.79 Å². The minimum Gasteiger partial charge on any atom is -0.481 e. The molecule has 2 fully saturated rings. The molecule has 0 aromatic rings. The lowest BCUT2D eigenvalue weighted by atomic mass is 9.95. The molecule has 0 radical (unpaired) electrons. The summed E-state index contributed by atoms with van der Waals surface area (Å²) in [6, 6.07) is -0.303. The molecule has 1 aliphatic carbocycles. The van der Waals surface area contributed by atoms with Crippen molar-refractivity contribution in [3.63, 3.8) is 0 Å². The van der Waals surface area contributed by atoms with Crippen molar-refractivity contribution in [1.82, 2.24) is 10.2 Å². The molecule has 2 amide bonds. The minimum absolute atomic E-state index is 0.0877. The van der Waals surface area contributed by atoms with Gasteiger partial charge in [0.2, 0.25) is 0 Å². The largest absolute Gasteiger partial charge is 0.481 e. The van der Waals surface area contributed by atoms with Crippen LogP contribution in [-0.4, -0.2) is 52.1 Å². The molecule has 2 rings (SSSR count). The second-order valence-electron chi connectivity index (χ2n) is 5.77. The van der Waals surface area contributed by atoms with Crippen LogP contribution in [0.2, 0.25) is 0 Å². The van der Waals surface area contributed by atoms with Crippen LogP contribution in [-0.2, 0) is 4.79 Å². The van der Waals surface area contributed by atoms with Crippen LogP contribution in [0, 0.1) is 5.92 Å². The summed E-state index contributed by atoms with van der Waals surface area (Å²) >= 11 is 1.88. The first-order valence-electron chi connectivity index (χ1n) is 7.48. The Morgan fingerprint density at radius 1 is 1.25 bits per heavy atom. The number of amides is 2. The van der Waals surface area contributed by atoms with Gasteiger partial charge < -0.3 is 15.3 Å². The molecule has 3 unspecified atom stereocenters. The van der Waals surface area contributed by atoms with Gasteiger partial charge in [0.15, 0.2) is 0 Å². The number of rotatable bonds is 2. The molecule has 1 heterocycles. The Bertz CT molecular complexity index is 364. The number of carbonyl (C=O) groups is 2. The van der Waals surface area contributed by atoms with Crippen LogP contribution in [0.15, 0.2) is 0 Å². The average Bonchev–Trinajstić information content (AvgIpc) is 2.64. The van der Waals surface area contributed by atoms with Crippen molar-refractivity contribution in [1.29, 1.82) is 0 Å². The molecule has 2 N–H and O–H groups in total. The Labute approximate surface area is 124 Å². The highest BCUT2D eigenvalue weighted by Crippen LogP contribution is 2.24. The first-order valence-corrected chi connectivity index (χ1v) is 8.52. The Balaban J connectivity index is 1.94. The first-order chi connectivity index (χ1) is 9.58. The maximum Gasteiger partial charge on any atom is 0.317 e. The van der Waals surface area contributed by atoms with Gasteiger partial charge >= 0.3 is 12.0 Å². The van der Waals surface area contributed by atoms with E-state index in [4.69, 9.17) is 0 Å². The van der Waals surface area contributed by atoms with Gasteiger partial charge in [0.05, 0.1) is 5.92 Å². The number of nitrogens with one attached hydrogen (secondary N) is 1. The normalized spacial score (nSPS) is 31.4. The number of urea groups is 1. The number of aliphatic carboxylic acids is 1. The lowest BCUT2D eigenvalue weighted by Gasteiger charge is -2.33. The third-order valence-corrected chi connectivity index (χ3v) is 5.31. The molecular formula is C14H24N2O3S. The Morgan fingerprint density at radius 2 is 2.00 bits per heavy atom. The van der Waals surface area contributed by atoms with Crippen molar-refractivity contribution in [2.45, 2.75) is 50.3 Å². The molecule has 5 nitrogen and oxygen atoms in total. The van der Waals surface area contributed by atoms with Gasteiger partial charge in [0.25, 0.3) is 0 Å². The van der Waals surface area contributed by atoms with E-state index in [1.54, 1.807) is 0 Å². The molecule has 0 spiro atoms. The van der Waals surface area contributed by atoms with Gasteiger partial charge in [-0.25, -0.2) is 4.79 Å². The van der Waals surface area contributed by atoms with E-state index in [2.05, 4.69) is 12.2 Å². The molecule has 114 valence electrons. The van der Waals surface area contributed by atoms with Crippen LogP contribution in [0.25, 0.3) is 0 Å². The molecule has 1 saturated carbocycles. The van der Waals surface area contributed by atoms with E-state index in [0.29, 0.717) is 11.7 Å². The van der Waals surface area contributed by atoms with Crippen LogP contribution in [0.1, 0.15) is 39.0 Å². The van der Waals surface area contributed by atoms with Gasteiger partial charge in [-0.15, -0.1) is 0 Å². The third-order valence-electron chi connectivity index (χ3n) is 4.17. The molecule has 6 heteroatoms. The SMILES string of the molecule is CC1CN(C(=O)NC2CCCCCC2C(=O)O)CCS1. The molecule has 2 aliphatic rings. The van der Waals surface area contributed by atoms with Crippen LogP contribution >= 0.6 is 11.8 Å². The van der Waals surface area contributed by atoms with E-state index in [0.717, 1.165) is 44.5 Å². The molecule has 0 aromatic heterocycles. The number of nitrogens with zero attached hydrogens (tertiary/aromatic N) is 1. The number of carboxylic acid groups (broad SMARTS) is 1. The van der Waals surface area contributed by atoms with E-state index in [9.17, 15) is 14.7 Å². The van der Waals surface area contributed by atoms with Crippen molar-refractivity contribution in [3.05, 3.63) is 0 Å². The summed E-state index contributed by atoms with van der Waals surface area (Å²) in [5.74, 6) is -0.250. The Kier molecular flexibility index (Phi) is 5.57. The van der Waals surface area contributed by atoms with Crippen molar-refractivity contribution in [2.75, 3.05) is 18.8 Å². The molecule has 0 bridgehead atoms. The number of hydrogen-bond donors (Lipinski definition) is 2. The quantitative estimate of drug-likeness (QED) is 0.767. The number of carboxylic acids is 1. The van der Waals surface area contributed by atoms with E-state index < -0.39 is 11.9 Å². The smallest absolute Gasteiger partial charge is 0.317 e. The second-order valence-corrected chi connectivity index (χ2v) is 7.31. The lowest BCUT2D eigenvalue weighted by Crippen LogP contribution is -2.51. The summed E-state index contributed by atoms with van der Waals surface area (Å²) in [7, 11) is 0. The summed E-state index contributed by atoms with van der Waals surface area (Å²) in [6.45, 7) is 3.63. The maximum absolute atomic E-state index is 12.3. The molecule has 20 heavy (non-hydrogen) atoms. The monoisotopic (exact) mass is 300 g/mol. The van der Waals surface area contributed by atoms with Crippen molar-refractivity contribution >= 4 is 23.8 Å². The summed E-state index contributed by atoms with van der Waals surface area (Å²) in [5, 5.41) is 12.8. The highest BCUT2D eigenvalue weighted by molar-refractivity contribution is 7.99. The topological polar surface area (TPSA) is 69.6 Å². The van der Waals surface area contributed by atoms with Crippen LogP contribution in [0.5, 0.6) is 0 Å². The molecule has 0 aromatic carbocycles. The van der Waals surface area contributed by atoms with Crippen LogP contribution < -0.4 is 5.32 Å². The van der Waals surface area contributed by atoms with Crippen LogP contribution in [0.3, 0.4) is 0 Å². The van der Waals surface area contributed by atoms with Crippen molar-refractivity contribution in [2.24, 2.45) is 5.92 Å². The average molecular weight is 300 g/mol. The summed E-state index contributed by atoms with van der Waals surface area (Å²) in [5.41, 5.74) is 0. The lowest BCUT2D eigenvalue weighted by molar-refractivity contribution is -0.142. The Hall–Kier alpha value is -0.910. The molecule has 1 aliphatic heterocycles. The fourth-order valence-corrected chi connectivity index (χ4v) is 4.04. The zero-order valence-corrected chi connectivity index (χ0v) is 12.8. The van der Waals surface area contributed by atoms with Gasteiger partial charge in [0, 0.05) is 30.1 Å². The molecule has 3 atom stereocenters. The van der Waals surface area contributed by atoms with Gasteiger partial charge in [-0.05, 0) is 12.8 Å². The van der Waals surface area contributed by atoms with Crippen molar-refractivity contribution in [3.8, 4) is 0 Å². The molecular weight excluding hydrogens is 276 g/mol. The molecule has 1 saturated heterocycles. The fraction of sp³-hybridized carbons (Fsp3) is 0.857. The Morgan fingerprint density at radius 3 is 2.70 bits per heavy atom. The second kappa shape index (κ2) is 7.20. The zero-order valence-electron chi connectivity index (χ0n) is 12.0. The van der Waals surface area contributed by atoms with Crippen LogP contribution in [0.4, 0.5) is 4.79 Å². The number of thioether (sulfide) groups is 1. The number of hydrogen-bond acceptors (Lipinski definition) is 3. The van der Waals surface area contributed by atoms with E-state index in [-0.39, 0.29) is 12.1 Å². The first kappa shape index (κ1) is 15.5. The van der Waals surface area contributed by atoms with E-state index in [1.807, 2.05) is 16.7 Å². The predicted octanol–water partition coefficient (Wildman–Crippen LogP) is 2.17. The summed E-state index contributed by atoms with van der Waals surface area (Å²) in [6.07, 6.45) is 4.46. The van der Waals surface area contributed by atoms with Crippen molar-refractivity contribution < 1.29 is 14.7 Å². The highest BCUT2D eigenvalue weighted by atomic mass is 32.2. The zero-order chi connectivity index (χ0) is 14.5. The van der Waals surface area contributed by atoms with E-state index >= 15 is 0 Å². The summed E-state index contributed by atoms with van der Waals surface area (Å²) < 4.78 is 0. The predicted molar refractivity (Wildman–Crippen MR) is 80.0 cm³/mol. The standard InChI is InChI=1S/C14H24N2O3S/c1-10-9-16(7-8-20-10)14(19)15-12-6-4-2-3-5-11(12)13(17)18/h10-12H,2-9H2,1H3,(H,15,19)(H,17,18). The van der Waals surface area contributed by atoms with Gasteiger partial charge in [0.1, 0.15) is 0 Å². The fourth-order valence-electron chi connectivity index (χ4n) is 3.03. The number of carbonyl (C=O) groups excluding carboxylic acids is 1. The highest BCUT2D eigenvalue weighted by Gasteiger charge is 2.32. The van der Waals surface area contributed by atoms with Gasteiger partial charge in [-0.1, -0.05) is 26.2 Å². The minimum atomic E-state index is -0.778. The van der Waals surface area contributed by atoms with E-state index in [1.165, 1.54) is 0 Å². The summed E-state index contributed by atoms with van der Waals surface area (Å²) in [4.78, 5) is 25.5.